The van der Waals surface area contributed by atoms with E-state index in [9.17, 15) is 4.79 Å². The zero-order valence-corrected chi connectivity index (χ0v) is 11.4. The Morgan fingerprint density at radius 1 is 1.32 bits per heavy atom. The van der Waals surface area contributed by atoms with Crippen LogP contribution in [0.1, 0.15) is 36.5 Å². The third-order valence-corrected chi connectivity index (χ3v) is 3.77. The molecule has 1 aromatic rings. The summed E-state index contributed by atoms with van der Waals surface area (Å²) in [4.78, 5) is 13.3. The molecule has 19 heavy (non-hydrogen) atoms. The Labute approximate surface area is 114 Å². The second-order valence-electron chi connectivity index (χ2n) is 5.09. The summed E-state index contributed by atoms with van der Waals surface area (Å²) in [6, 6.07) is 7.50. The van der Waals surface area contributed by atoms with Gasteiger partial charge in [-0.25, -0.2) is 4.79 Å². The lowest BCUT2D eigenvalue weighted by Crippen LogP contribution is -2.26. The highest BCUT2D eigenvalue weighted by atomic mass is 16.4. The smallest absolute Gasteiger partial charge is 0.335 e. The van der Waals surface area contributed by atoms with Gasteiger partial charge < -0.3 is 15.3 Å². The van der Waals surface area contributed by atoms with Crippen LogP contribution in [0.3, 0.4) is 0 Å². The van der Waals surface area contributed by atoms with Crippen LogP contribution >= 0.6 is 0 Å². The van der Waals surface area contributed by atoms with Crippen molar-refractivity contribution in [3.63, 3.8) is 0 Å². The van der Waals surface area contributed by atoms with Crippen LogP contribution in [0.25, 0.3) is 0 Å². The quantitative estimate of drug-likeness (QED) is 0.876. The first kappa shape index (κ1) is 13.9. The topological polar surface area (TPSA) is 52.6 Å². The molecular formula is C15H22N2O2. The first-order valence-electron chi connectivity index (χ1n) is 7.01. The first-order valence-corrected chi connectivity index (χ1v) is 7.01. The van der Waals surface area contributed by atoms with Crippen LogP contribution < -0.4 is 5.32 Å². The number of nitrogens with one attached hydrogen (secondary N) is 1. The van der Waals surface area contributed by atoms with Crippen LogP contribution in [0.5, 0.6) is 0 Å². The van der Waals surface area contributed by atoms with Crippen LogP contribution in [0.2, 0.25) is 0 Å². The van der Waals surface area contributed by atoms with E-state index in [2.05, 4.69) is 17.1 Å². The molecule has 104 valence electrons. The van der Waals surface area contributed by atoms with Crippen LogP contribution in [0.15, 0.2) is 24.3 Å². The van der Waals surface area contributed by atoms with Crippen molar-refractivity contribution >= 4 is 11.7 Å². The third-order valence-electron chi connectivity index (χ3n) is 3.77. The molecule has 0 aliphatic carbocycles. The second kappa shape index (κ2) is 6.57. The van der Waals surface area contributed by atoms with Crippen molar-refractivity contribution in [3.8, 4) is 0 Å². The summed E-state index contributed by atoms with van der Waals surface area (Å²) in [6.07, 6.45) is 3.55. The van der Waals surface area contributed by atoms with Gasteiger partial charge in [-0.05, 0) is 56.6 Å². The molecule has 0 bridgehead atoms. The summed E-state index contributed by atoms with van der Waals surface area (Å²) in [6.45, 7) is 5.66. The fourth-order valence-electron chi connectivity index (χ4n) is 2.56. The number of carboxylic acid groups (broad SMARTS) is 1. The molecule has 1 aromatic carbocycles. The van der Waals surface area contributed by atoms with Crippen molar-refractivity contribution in [2.24, 2.45) is 0 Å². The Morgan fingerprint density at radius 2 is 2.05 bits per heavy atom. The summed E-state index contributed by atoms with van der Waals surface area (Å²) in [5.74, 6) is -0.875. The van der Waals surface area contributed by atoms with Gasteiger partial charge in [0.15, 0.2) is 0 Å². The van der Waals surface area contributed by atoms with E-state index in [-0.39, 0.29) is 0 Å². The SMILES string of the molecule is CCN1CCCC(Nc2ccc(C(=O)O)cc2)CC1. The molecule has 1 aliphatic heterocycles. The van der Waals surface area contributed by atoms with Crippen molar-refractivity contribution in [1.29, 1.82) is 0 Å². The first-order chi connectivity index (χ1) is 9.19. The largest absolute Gasteiger partial charge is 0.478 e. The van der Waals surface area contributed by atoms with Crippen molar-refractivity contribution < 1.29 is 9.90 Å². The van der Waals surface area contributed by atoms with Gasteiger partial charge in [0, 0.05) is 18.3 Å². The van der Waals surface area contributed by atoms with E-state index in [1.165, 1.54) is 19.4 Å². The van der Waals surface area contributed by atoms with Crippen LogP contribution in [0, 0.1) is 0 Å². The van der Waals surface area contributed by atoms with Crippen LogP contribution in [0.4, 0.5) is 5.69 Å². The maximum atomic E-state index is 10.8. The molecule has 1 saturated heterocycles. The number of carbonyl (C=O) groups is 1. The molecule has 0 amide bonds. The number of likely N-dealkylation sites (tertiary alicyclic amines) is 1. The number of carboxylic acids is 1. The van der Waals surface area contributed by atoms with E-state index < -0.39 is 5.97 Å². The van der Waals surface area contributed by atoms with Gasteiger partial charge in [0.1, 0.15) is 0 Å². The summed E-state index contributed by atoms with van der Waals surface area (Å²) >= 11 is 0. The van der Waals surface area contributed by atoms with Crippen molar-refractivity contribution in [1.82, 2.24) is 4.90 Å². The second-order valence-corrected chi connectivity index (χ2v) is 5.09. The van der Waals surface area contributed by atoms with Gasteiger partial charge in [0.05, 0.1) is 5.56 Å². The summed E-state index contributed by atoms with van der Waals surface area (Å²) in [5, 5.41) is 12.4. The van der Waals surface area contributed by atoms with E-state index >= 15 is 0 Å². The molecule has 1 atom stereocenters. The predicted molar refractivity (Wildman–Crippen MR) is 76.8 cm³/mol. The van der Waals surface area contributed by atoms with Gasteiger partial charge in [-0.15, -0.1) is 0 Å². The Morgan fingerprint density at radius 3 is 2.68 bits per heavy atom. The molecule has 0 radical (unpaired) electrons. The Balaban J connectivity index is 1.91. The van der Waals surface area contributed by atoms with Gasteiger partial charge in [-0.1, -0.05) is 6.92 Å². The zero-order chi connectivity index (χ0) is 13.7. The van der Waals surface area contributed by atoms with Crippen LogP contribution in [-0.4, -0.2) is 41.7 Å². The number of rotatable bonds is 4. The Bertz CT molecular complexity index is 417. The average Bonchev–Trinajstić information content (AvgIpc) is 2.64. The molecule has 1 fully saturated rings. The highest BCUT2D eigenvalue weighted by Crippen LogP contribution is 2.17. The van der Waals surface area contributed by atoms with Crippen molar-refractivity contribution in [2.45, 2.75) is 32.2 Å². The fraction of sp³-hybridized carbons (Fsp3) is 0.533. The highest BCUT2D eigenvalue weighted by molar-refractivity contribution is 5.87. The number of benzene rings is 1. The number of anilines is 1. The predicted octanol–water partition coefficient (Wildman–Crippen LogP) is 2.67. The maximum absolute atomic E-state index is 10.8. The van der Waals surface area contributed by atoms with E-state index in [1.807, 2.05) is 12.1 Å². The fourth-order valence-corrected chi connectivity index (χ4v) is 2.56. The molecule has 0 spiro atoms. The lowest BCUT2D eigenvalue weighted by molar-refractivity contribution is 0.0697. The molecule has 2 N–H and O–H groups in total. The average molecular weight is 262 g/mol. The third kappa shape index (κ3) is 3.96. The summed E-state index contributed by atoms with van der Waals surface area (Å²) < 4.78 is 0. The van der Waals surface area contributed by atoms with E-state index in [0.29, 0.717) is 11.6 Å². The van der Waals surface area contributed by atoms with Crippen molar-refractivity contribution in [3.05, 3.63) is 29.8 Å². The van der Waals surface area contributed by atoms with Crippen LogP contribution in [-0.2, 0) is 0 Å². The van der Waals surface area contributed by atoms with Gasteiger partial charge in [0.25, 0.3) is 0 Å². The molecule has 2 rings (SSSR count). The minimum Gasteiger partial charge on any atom is -0.478 e. The highest BCUT2D eigenvalue weighted by Gasteiger charge is 2.15. The molecule has 4 heteroatoms. The number of nitrogens with zero attached hydrogens (tertiary/aromatic N) is 1. The molecule has 1 unspecified atom stereocenters. The number of hydrogen-bond acceptors (Lipinski definition) is 3. The number of hydrogen-bond donors (Lipinski definition) is 2. The lowest BCUT2D eigenvalue weighted by Gasteiger charge is -2.19. The normalized spacial score (nSPS) is 20.8. The van der Waals surface area contributed by atoms with Gasteiger partial charge in [-0.3, -0.25) is 0 Å². The molecule has 0 aromatic heterocycles. The molecular weight excluding hydrogens is 240 g/mol. The van der Waals surface area contributed by atoms with E-state index in [1.54, 1.807) is 12.1 Å². The Kier molecular flexibility index (Phi) is 4.80. The minimum absolute atomic E-state index is 0.337. The minimum atomic E-state index is -0.875. The van der Waals surface area contributed by atoms with Crippen molar-refractivity contribution in [2.75, 3.05) is 25.0 Å². The lowest BCUT2D eigenvalue weighted by atomic mass is 10.1. The summed E-state index contributed by atoms with van der Waals surface area (Å²) in [7, 11) is 0. The van der Waals surface area contributed by atoms with Gasteiger partial charge in [0.2, 0.25) is 0 Å². The van der Waals surface area contributed by atoms with E-state index in [0.717, 1.165) is 25.2 Å². The Hall–Kier alpha value is -1.55. The monoisotopic (exact) mass is 262 g/mol. The standard InChI is InChI=1S/C15H22N2O2/c1-2-17-10-3-4-13(9-11-17)16-14-7-5-12(6-8-14)15(18)19/h5-8,13,16H,2-4,9-11H2,1H3,(H,18,19). The zero-order valence-electron chi connectivity index (χ0n) is 11.4. The van der Waals surface area contributed by atoms with Gasteiger partial charge in [-0.2, -0.15) is 0 Å². The molecule has 4 nitrogen and oxygen atoms in total. The molecule has 1 heterocycles. The maximum Gasteiger partial charge on any atom is 0.335 e. The van der Waals surface area contributed by atoms with E-state index in [4.69, 9.17) is 5.11 Å². The molecule has 0 saturated carbocycles. The molecule has 1 aliphatic rings. The number of aromatic carboxylic acids is 1. The van der Waals surface area contributed by atoms with Gasteiger partial charge >= 0.3 is 5.97 Å². The summed E-state index contributed by atoms with van der Waals surface area (Å²) in [5.41, 5.74) is 1.35.